The highest BCUT2D eigenvalue weighted by molar-refractivity contribution is 7.91. The molecule has 1 heterocycles. The normalized spacial score (nSPS) is 13.5. The summed E-state index contributed by atoms with van der Waals surface area (Å²) in [7, 11) is -3.79. The number of nitrogens with one attached hydrogen (secondary N) is 1. The zero-order chi connectivity index (χ0) is 15.1. The molecule has 0 radical (unpaired) electrons. The average Bonchev–Trinajstić information content (AvgIpc) is 2.63. The number of rotatable bonds is 5. The number of carbonyl (C=O) groups is 1. The molecule has 0 atom stereocenters. The van der Waals surface area contributed by atoms with Gasteiger partial charge in [-0.05, 0) is 39.8 Å². The lowest BCUT2D eigenvalue weighted by Crippen LogP contribution is -2.56. The number of hydrogen-bond acceptors (Lipinski definition) is 4. The summed E-state index contributed by atoms with van der Waals surface area (Å²) in [5, 5.41) is 9.20. The molecule has 0 aromatic carbocycles. The molecule has 19 heavy (non-hydrogen) atoms. The van der Waals surface area contributed by atoms with Gasteiger partial charge in [-0.25, -0.2) is 13.1 Å². The summed E-state index contributed by atoms with van der Waals surface area (Å²) in [4.78, 5) is 11.2. The van der Waals surface area contributed by atoms with Gasteiger partial charge < -0.3 is 5.11 Å². The van der Waals surface area contributed by atoms with Crippen LogP contribution in [-0.2, 0) is 14.8 Å². The Balaban J connectivity index is 3.11. The van der Waals surface area contributed by atoms with Crippen molar-refractivity contribution in [3.63, 3.8) is 0 Å². The maximum absolute atomic E-state index is 12.2. The number of hydrogen-bond donors (Lipinski definition) is 2. The maximum atomic E-state index is 12.2. The minimum Gasteiger partial charge on any atom is -0.481 e. The lowest BCUT2D eigenvalue weighted by Gasteiger charge is -2.38. The molecule has 0 aliphatic carbocycles. The van der Waals surface area contributed by atoms with E-state index in [1.54, 1.807) is 0 Å². The van der Waals surface area contributed by atoms with Crippen molar-refractivity contribution in [2.24, 2.45) is 5.41 Å². The maximum Gasteiger partial charge on any atom is 0.310 e. The Labute approximate surface area is 121 Å². The molecular weight excluding hydrogens is 310 g/mol. The van der Waals surface area contributed by atoms with Gasteiger partial charge in [-0.2, -0.15) is 0 Å². The molecule has 0 bridgehead atoms. The molecule has 1 rings (SSSR count). The van der Waals surface area contributed by atoms with E-state index in [1.165, 1.54) is 39.8 Å². The first kappa shape index (κ1) is 16.4. The van der Waals surface area contributed by atoms with Crippen molar-refractivity contribution < 1.29 is 18.3 Å². The SMILES string of the molecule is CC(C)(NS(=O)(=O)c1ccc(Cl)s1)C(C)(C)C(=O)O. The van der Waals surface area contributed by atoms with E-state index in [2.05, 4.69) is 4.72 Å². The fourth-order valence-corrected chi connectivity index (χ4v) is 4.25. The summed E-state index contributed by atoms with van der Waals surface area (Å²) in [6.07, 6.45) is 0. The third-order valence-electron chi connectivity index (χ3n) is 3.30. The molecule has 8 heteroatoms. The van der Waals surface area contributed by atoms with E-state index in [9.17, 15) is 18.3 Å². The first-order valence-corrected chi connectivity index (χ1v) is 8.10. The molecule has 0 aliphatic rings. The first-order chi connectivity index (χ1) is 8.40. The predicted octanol–water partition coefficient (Wildman–Crippen LogP) is 2.57. The predicted molar refractivity (Wildman–Crippen MR) is 75.1 cm³/mol. The van der Waals surface area contributed by atoms with Crippen LogP contribution in [0.1, 0.15) is 27.7 Å². The second kappa shape index (κ2) is 5.05. The number of carboxylic acid groups (broad SMARTS) is 1. The summed E-state index contributed by atoms with van der Waals surface area (Å²) >= 11 is 6.63. The molecule has 5 nitrogen and oxygen atoms in total. The minimum absolute atomic E-state index is 0.0618. The van der Waals surface area contributed by atoms with E-state index in [-0.39, 0.29) is 4.21 Å². The van der Waals surface area contributed by atoms with Crippen LogP contribution in [0.25, 0.3) is 0 Å². The van der Waals surface area contributed by atoms with Crippen molar-refractivity contribution in [3.8, 4) is 0 Å². The first-order valence-electron chi connectivity index (χ1n) is 5.43. The Morgan fingerprint density at radius 3 is 2.21 bits per heavy atom. The topological polar surface area (TPSA) is 83.5 Å². The van der Waals surface area contributed by atoms with E-state index in [4.69, 9.17) is 11.6 Å². The Kier molecular flexibility index (Phi) is 4.36. The summed E-state index contributed by atoms with van der Waals surface area (Å²) in [5.41, 5.74) is -2.42. The molecule has 2 N–H and O–H groups in total. The second-order valence-electron chi connectivity index (χ2n) is 5.22. The Hall–Kier alpha value is -0.630. The van der Waals surface area contributed by atoms with Gasteiger partial charge in [0.25, 0.3) is 10.0 Å². The molecule has 0 spiro atoms. The Bertz CT molecular complexity index is 590. The van der Waals surface area contributed by atoms with Gasteiger partial charge >= 0.3 is 5.97 Å². The number of halogens is 1. The van der Waals surface area contributed by atoms with Gasteiger partial charge in [-0.15, -0.1) is 11.3 Å². The van der Waals surface area contributed by atoms with Crippen molar-refractivity contribution in [1.82, 2.24) is 4.72 Å². The largest absolute Gasteiger partial charge is 0.481 e. The third kappa shape index (κ3) is 3.28. The molecule has 0 fully saturated rings. The van der Waals surface area contributed by atoms with Gasteiger partial charge in [-0.1, -0.05) is 11.6 Å². The Morgan fingerprint density at radius 2 is 1.84 bits per heavy atom. The average molecular weight is 326 g/mol. The molecule has 0 amide bonds. The monoisotopic (exact) mass is 325 g/mol. The number of aliphatic carboxylic acids is 1. The van der Waals surface area contributed by atoms with Crippen LogP contribution in [0, 0.1) is 5.41 Å². The summed E-state index contributed by atoms with van der Waals surface area (Å²) in [5.74, 6) is -1.08. The standard InChI is InChI=1S/C11H16ClNO4S2/c1-10(2,9(14)15)11(3,4)13-19(16,17)8-6-5-7(12)18-8/h5-6,13H,1-4H3,(H,14,15). The third-order valence-corrected chi connectivity index (χ3v) is 6.68. The van der Waals surface area contributed by atoms with Crippen molar-refractivity contribution in [1.29, 1.82) is 0 Å². The van der Waals surface area contributed by atoms with Crippen LogP contribution in [0.4, 0.5) is 0 Å². The minimum atomic E-state index is -3.79. The highest BCUT2D eigenvalue weighted by Gasteiger charge is 2.46. The molecule has 0 saturated carbocycles. The van der Waals surface area contributed by atoms with Crippen molar-refractivity contribution >= 4 is 38.9 Å². The smallest absolute Gasteiger partial charge is 0.310 e. The molecule has 1 aromatic heterocycles. The van der Waals surface area contributed by atoms with Crippen LogP contribution in [0.5, 0.6) is 0 Å². The van der Waals surface area contributed by atoms with Crippen LogP contribution in [0.2, 0.25) is 4.34 Å². The van der Waals surface area contributed by atoms with Crippen LogP contribution in [-0.4, -0.2) is 25.0 Å². The molecule has 1 aromatic rings. The van der Waals surface area contributed by atoms with Crippen molar-refractivity contribution in [2.75, 3.05) is 0 Å². The fraction of sp³-hybridized carbons (Fsp3) is 0.545. The molecule has 0 aliphatic heterocycles. The highest BCUT2D eigenvalue weighted by atomic mass is 35.5. The van der Waals surface area contributed by atoms with Gasteiger partial charge in [0.05, 0.1) is 9.75 Å². The van der Waals surface area contributed by atoms with Gasteiger partial charge in [0.1, 0.15) is 4.21 Å². The number of sulfonamides is 1. The highest BCUT2D eigenvalue weighted by Crippen LogP contribution is 2.33. The lowest BCUT2D eigenvalue weighted by molar-refractivity contribution is -0.150. The van der Waals surface area contributed by atoms with Crippen LogP contribution < -0.4 is 4.72 Å². The molecule has 0 unspecified atom stereocenters. The zero-order valence-electron chi connectivity index (χ0n) is 11.0. The quantitative estimate of drug-likeness (QED) is 0.871. The van der Waals surface area contributed by atoms with Gasteiger partial charge in [0, 0.05) is 5.54 Å². The summed E-state index contributed by atoms with van der Waals surface area (Å²) in [6, 6.07) is 2.87. The number of carboxylic acids is 1. The van der Waals surface area contributed by atoms with E-state index < -0.39 is 26.9 Å². The Morgan fingerprint density at radius 1 is 1.32 bits per heavy atom. The van der Waals surface area contributed by atoms with E-state index >= 15 is 0 Å². The van der Waals surface area contributed by atoms with Crippen molar-refractivity contribution in [3.05, 3.63) is 16.5 Å². The lowest BCUT2D eigenvalue weighted by atomic mass is 9.75. The zero-order valence-corrected chi connectivity index (χ0v) is 13.4. The summed E-state index contributed by atoms with van der Waals surface area (Å²) < 4.78 is 27.2. The summed E-state index contributed by atoms with van der Waals surface area (Å²) in [6.45, 7) is 6.01. The van der Waals surface area contributed by atoms with E-state index in [0.29, 0.717) is 4.34 Å². The van der Waals surface area contributed by atoms with E-state index in [1.807, 2.05) is 0 Å². The van der Waals surface area contributed by atoms with E-state index in [0.717, 1.165) is 11.3 Å². The molecular formula is C11H16ClNO4S2. The van der Waals surface area contributed by atoms with Gasteiger partial charge in [-0.3, -0.25) is 4.79 Å². The van der Waals surface area contributed by atoms with Crippen molar-refractivity contribution in [2.45, 2.75) is 37.4 Å². The fourth-order valence-electron chi connectivity index (χ4n) is 1.22. The molecule has 108 valence electrons. The second-order valence-corrected chi connectivity index (χ2v) is 8.84. The van der Waals surface area contributed by atoms with Crippen LogP contribution in [0.3, 0.4) is 0 Å². The van der Waals surface area contributed by atoms with Crippen LogP contribution in [0.15, 0.2) is 16.3 Å². The van der Waals surface area contributed by atoms with Gasteiger partial charge in [0.2, 0.25) is 0 Å². The number of thiophene rings is 1. The van der Waals surface area contributed by atoms with Crippen LogP contribution >= 0.6 is 22.9 Å². The molecule has 0 saturated heterocycles. The van der Waals surface area contributed by atoms with Gasteiger partial charge in [0.15, 0.2) is 0 Å².